The number of nitrogens with zero attached hydrogens (tertiary/aromatic N) is 1. The van der Waals surface area contributed by atoms with Gasteiger partial charge in [-0.05, 0) is 18.0 Å². The molecule has 1 atom stereocenters. The molecule has 4 heteroatoms. The second kappa shape index (κ2) is 3.38. The van der Waals surface area contributed by atoms with Crippen LogP contribution in [0.1, 0.15) is 0 Å². The Morgan fingerprint density at radius 1 is 1.36 bits per heavy atom. The Bertz CT molecular complexity index is 407. The average molecular weight is 211 g/mol. The van der Waals surface area contributed by atoms with Crippen molar-refractivity contribution < 1.29 is 9.32 Å². The highest BCUT2D eigenvalue weighted by atomic mass is 32.2. The molecule has 1 aliphatic rings. The van der Waals surface area contributed by atoms with E-state index >= 15 is 0 Å². The molecule has 1 fully saturated rings. The van der Waals surface area contributed by atoms with Crippen molar-refractivity contribution in [2.24, 2.45) is 0 Å². The number of aliphatic hydroxyl groups excluding tert-OH is 1. The van der Waals surface area contributed by atoms with Crippen molar-refractivity contribution in [3.8, 4) is 0 Å². The second-order valence-electron chi connectivity index (χ2n) is 3.45. The molecule has 0 saturated carbocycles. The molecule has 1 saturated heterocycles. The predicted molar refractivity (Wildman–Crippen MR) is 57.6 cm³/mol. The summed E-state index contributed by atoms with van der Waals surface area (Å²) in [7, 11) is -2.36. The highest BCUT2D eigenvalue weighted by Crippen LogP contribution is 2.20. The van der Waals surface area contributed by atoms with Crippen LogP contribution in [0.4, 0.5) is 0 Å². The van der Waals surface area contributed by atoms with E-state index in [9.17, 15) is 4.21 Å². The Hall–Kier alpha value is -0.840. The molecule has 1 heterocycles. The molecule has 0 aliphatic carbocycles. The largest absolute Gasteiger partial charge is 0.390 e. The quantitative estimate of drug-likeness (QED) is 0.717. The third-order valence-electron chi connectivity index (χ3n) is 2.36. The molecule has 14 heavy (non-hydrogen) atoms. The fourth-order valence-corrected chi connectivity index (χ4v) is 3.15. The van der Waals surface area contributed by atoms with E-state index in [1.807, 2.05) is 18.2 Å². The Kier molecular flexibility index (Phi) is 2.34. The number of benzene rings is 1. The lowest BCUT2D eigenvalue weighted by atomic mass is 10.2. The highest BCUT2D eigenvalue weighted by molar-refractivity contribution is 7.98. The van der Waals surface area contributed by atoms with Crippen molar-refractivity contribution in [2.75, 3.05) is 13.1 Å². The Morgan fingerprint density at radius 3 is 2.43 bits per heavy atom. The van der Waals surface area contributed by atoms with Crippen LogP contribution >= 0.6 is 0 Å². The van der Waals surface area contributed by atoms with Gasteiger partial charge in [0.2, 0.25) is 0 Å². The van der Waals surface area contributed by atoms with Crippen molar-refractivity contribution >= 4 is 15.6 Å². The molecular formula is C10H13NO2S. The van der Waals surface area contributed by atoms with Gasteiger partial charge in [-0.2, -0.15) is 0 Å². The normalized spacial score (nSPS) is 22.6. The van der Waals surface area contributed by atoms with Crippen LogP contribution in [-0.2, 0) is 9.71 Å². The Labute approximate surface area is 84.1 Å². The summed E-state index contributed by atoms with van der Waals surface area (Å²) in [5.74, 6) is 3.74. The third kappa shape index (κ3) is 1.56. The lowest BCUT2D eigenvalue weighted by molar-refractivity contribution is 0.0577. The lowest BCUT2D eigenvalue weighted by Crippen LogP contribution is -2.53. The second-order valence-corrected chi connectivity index (χ2v) is 5.72. The van der Waals surface area contributed by atoms with E-state index in [1.165, 1.54) is 0 Å². The molecule has 0 amide bonds. The zero-order chi connectivity index (χ0) is 10.2. The summed E-state index contributed by atoms with van der Waals surface area (Å²) in [6.45, 7) is 0.911. The molecule has 1 aliphatic heterocycles. The molecule has 0 bridgehead atoms. The van der Waals surface area contributed by atoms with Gasteiger partial charge in [0.25, 0.3) is 0 Å². The van der Waals surface area contributed by atoms with E-state index < -0.39 is 9.71 Å². The first-order valence-electron chi connectivity index (χ1n) is 4.46. The molecule has 2 rings (SSSR count). The van der Waals surface area contributed by atoms with Crippen molar-refractivity contribution in [3.63, 3.8) is 0 Å². The third-order valence-corrected chi connectivity index (χ3v) is 4.50. The van der Waals surface area contributed by atoms with E-state index in [0.29, 0.717) is 13.1 Å². The lowest BCUT2D eigenvalue weighted by Gasteiger charge is -2.37. The maximum Gasteiger partial charge on any atom is 0.0814 e. The van der Waals surface area contributed by atoms with Gasteiger partial charge < -0.3 is 5.11 Å². The van der Waals surface area contributed by atoms with Crippen LogP contribution in [0.5, 0.6) is 0 Å². The van der Waals surface area contributed by atoms with E-state index in [2.05, 4.69) is 5.87 Å². The summed E-state index contributed by atoms with van der Waals surface area (Å²) in [5, 5.41) is 9.13. The Morgan fingerprint density at radius 2 is 1.93 bits per heavy atom. The molecule has 0 spiro atoms. The summed E-state index contributed by atoms with van der Waals surface area (Å²) in [4.78, 5) is 0.729. The van der Waals surface area contributed by atoms with Crippen LogP contribution < -0.4 is 0 Å². The van der Waals surface area contributed by atoms with Crippen molar-refractivity contribution in [1.29, 1.82) is 0 Å². The van der Waals surface area contributed by atoms with Crippen molar-refractivity contribution in [2.45, 2.75) is 11.0 Å². The molecule has 0 radical (unpaired) electrons. The smallest absolute Gasteiger partial charge is 0.0814 e. The molecule has 1 N–H and O–H groups in total. The summed E-state index contributed by atoms with van der Waals surface area (Å²) in [5.41, 5.74) is 0. The average Bonchev–Trinajstić information content (AvgIpc) is 2.14. The van der Waals surface area contributed by atoms with Gasteiger partial charge in [0.05, 0.1) is 15.8 Å². The van der Waals surface area contributed by atoms with Gasteiger partial charge in [-0.25, -0.2) is 8.51 Å². The number of hydrogen-bond donors (Lipinski definition) is 1. The molecule has 1 aromatic rings. The van der Waals surface area contributed by atoms with Gasteiger partial charge in [0.1, 0.15) is 0 Å². The topological polar surface area (TPSA) is 40.5 Å². The Balaban J connectivity index is 2.26. The number of β-amino-alcohol motifs (C(OH)–C–C–N with tert-alkyl or cyclic N) is 1. The van der Waals surface area contributed by atoms with E-state index in [0.717, 1.165) is 4.90 Å². The predicted octanol–water partition coefficient (Wildman–Crippen LogP) is 0.353. The van der Waals surface area contributed by atoms with Crippen LogP contribution in [0.2, 0.25) is 0 Å². The maximum atomic E-state index is 12.2. The minimum atomic E-state index is -2.36. The van der Waals surface area contributed by atoms with Crippen LogP contribution in [0.15, 0.2) is 35.2 Å². The minimum Gasteiger partial charge on any atom is -0.390 e. The summed E-state index contributed by atoms with van der Waals surface area (Å²) in [6, 6.07) is 9.18. The zero-order valence-electron chi connectivity index (χ0n) is 7.80. The standard InChI is InChI=1S/C10H13NO2S/c1-14(13,11-7-9(12)8-11)10-5-3-2-4-6-10/h2-6,9,12H,1,7-8H2. The summed E-state index contributed by atoms with van der Waals surface area (Å²) < 4.78 is 13.9. The van der Waals surface area contributed by atoms with Gasteiger partial charge in [-0.3, -0.25) is 0 Å². The molecular weight excluding hydrogens is 198 g/mol. The monoisotopic (exact) mass is 211 g/mol. The molecule has 0 aromatic heterocycles. The summed E-state index contributed by atoms with van der Waals surface area (Å²) >= 11 is 0. The van der Waals surface area contributed by atoms with Crippen LogP contribution in [0.3, 0.4) is 0 Å². The first kappa shape index (κ1) is 9.71. The number of aliphatic hydroxyl groups is 1. The fourth-order valence-electron chi connectivity index (χ4n) is 1.44. The first-order valence-corrected chi connectivity index (χ1v) is 6.14. The van der Waals surface area contributed by atoms with Crippen LogP contribution in [-0.4, -0.2) is 38.7 Å². The zero-order valence-corrected chi connectivity index (χ0v) is 8.61. The van der Waals surface area contributed by atoms with E-state index in [1.54, 1.807) is 16.4 Å². The highest BCUT2D eigenvalue weighted by Gasteiger charge is 2.31. The van der Waals surface area contributed by atoms with Gasteiger partial charge in [0, 0.05) is 18.0 Å². The fraction of sp³-hybridized carbons (Fsp3) is 0.300. The number of rotatable bonds is 2. The van der Waals surface area contributed by atoms with Crippen LogP contribution in [0, 0.1) is 0 Å². The van der Waals surface area contributed by atoms with Crippen LogP contribution in [0.25, 0.3) is 0 Å². The number of hydrogen-bond acceptors (Lipinski definition) is 2. The molecule has 76 valence electrons. The molecule has 3 nitrogen and oxygen atoms in total. The SMILES string of the molecule is C=S(=O)(c1ccccc1)N1CC(O)C1. The molecule has 1 aromatic carbocycles. The van der Waals surface area contributed by atoms with E-state index in [-0.39, 0.29) is 6.10 Å². The van der Waals surface area contributed by atoms with Crippen molar-refractivity contribution in [3.05, 3.63) is 30.3 Å². The maximum absolute atomic E-state index is 12.2. The first-order chi connectivity index (χ1) is 6.60. The summed E-state index contributed by atoms with van der Waals surface area (Å²) in [6.07, 6.45) is -0.346. The van der Waals surface area contributed by atoms with Gasteiger partial charge in [-0.15, -0.1) is 0 Å². The van der Waals surface area contributed by atoms with Gasteiger partial charge >= 0.3 is 0 Å². The molecule has 1 unspecified atom stereocenters. The van der Waals surface area contributed by atoms with Gasteiger partial charge in [-0.1, -0.05) is 18.2 Å². The minimum absolute atomic E-state index is 0.346. The van der Waals surface area contributed by atoms with E-state index in [4.69, 9.17) is 5.11 Å². The van der Waals surface area contributed by atoms with Crippen molar-refractivity contribution in [1.82, 2.24) is 4.31 Å². The van der Waals surface area contributed by atoms with Gasteiger partial charge in [0.15, 0.2) is 0 Å².